The zero-order valence-electron chi connectivity index (χ0n) is 10.9. The largest absolute Gasteiger partial charge is 0.478 e. The smallest absolute Gasteiger partial charge is 0.336 e. The molecule has 0 spiro atoms. The van der Waals surface area contributed by atoms with E-state index in [1.165, 1.54) is 4.31 Å². The topological polar surface area (TPSA) is 104 Å². The van der Waals surface area contributed by atoms with Gasteiger partial charge in [-0.05, 0) is 11.6 Å². The molecule has 0 amide bonds. The van der Waals surface area contributed by atoms with Gasteiger partial charge in [-0.3, -0.25) is 4.90 Å². The molecule has 1 fully saturated rings. The van der Waals surface area contributed by atoms with Crippen LogP contribution >= 0.6 is 0 Å². The van der Waals surface area contributed by atoms with Crippen LogP contribution in [0.15, 0.2) is 24.3 Å². The van der Waals surface area contributed by atoms with Crippen LogP contribution in [0.3, 0.4) is 0 Å². The van der Waals surface area contributed by atoms with E-state index < -0.39 is 16.2 Å². The molecule has 1 heterocycles. The minimum atomic E-state index is -3.63. The number of rotatable bonds is 4. The Balaban J connectivity index is 2.02. The Bertz CT molecular complexity index is 594. The number of carboxylic acid groups (broad SMARTS) is 1. The van der Waals surface area contributed by atoms with Gasteiger partial charge < -0.3 is 5.11 Å². The van der Waals surface area contributed by atoms with E-state index in [4.69, 9.17) is 10.2 Å². The minimum Gasteiger partial charge on any atom is -0.478 e. The van der Waals surface area contributed by atoms with Crippen LogP contribution < -0.4 is 5.14 Å². The highest BCUT2D eigenvalue weighted by molar-refractivity contribution is 7.86. The molecule has 0 aromatic heterocycles. The molecule has 1 aromatic rings. The van der Waals surface area contributed by atoms with Crippen LogP contribution in [0, 0.1) is 0 Å². The molecule has 7 nitrogen and oxygen atoms in total. The molecule has 0 saturated carbocycles. The van der Waals surface area contributed by atoms with E-state index in [9.17, 15) is 13.2 Å². The molecule has 0 atom stereocenters. The first-order chi connectivity index (χ1) is 9.38. The standard InChI is InChI=1S/C12H17N3O4S/c13-20(18,19)15-7-5-14(6-8-15)9-10-3-1-2-4-11(10)12(16)17/h1-4H,5-9H2,(H,16,17)(H2,13,18,19). The van der Waals surface area contributed by atoms with Crippen molar-refractivity contribution in [3.63, 3.8) is 0 Å². The highest BCUT2D eigenvalue weighted by atomic mass is 32.2. The van der Waals surface area contributed by atoms with Gasteiger partial charge in [-0.2, -0.15) is 12.7 Å². The highest BCUT2D eigenvalue weighted by Gasteiger charge is 2.24. The summed E-state index contributed by atoms with van der Waals surface area (Å²) in [5.41, 5.74) is 1.01. The summed E-state index contributed by atoms with van der Waals surface area (Å²) in [5.74, 6) is -0.955. The van der Waals surface area contributed by atoms with Crippen molar-refractivity contribution in [3.05, 3.63) is 35.4 Å². The van der Waals surface area contributed by atoms with Crippen molar-refractivity contribution in [1.82, 2.24) is 9.21 Å². The second-order valence-electron chi connectivity index (χ2n) is 4.68. The summed E-state index contributed by atoms with van der Waals surface area (Å²) in [4.78, 5) is 13.1. The quantitative estimate of drug-likeness (QED) is 0.795. The Hall–Kier alpha value is -1.48. The Kier molecular flexibility index (Phi) is 4.39. The van der Waals surface area contributed by atoms with Gasteiger partial charge in [0.25, 0.3) is 10.2 Å². The average molecular weight is 299 g/mol. The first-order valence-electron chi connectivity index (χ1n) is 6.19. The van der Waals surface area contributed by atoms with Crippen molar-refractivity contribution in [2.24, 2.45) is 5.14 Å². The number of piperazine rings is 1. The van der Waals surface area contributed by atoms with Gasteiger partial charge in [-0.25, -0.2) is 9.93 Å². The van der Waals surface area contributed by atoms with Crippen LogP contribution in [0.4, 0.5) is 0 Å². The van der Waals surface area contributed by atoms with E-state index in [2.05, 4.69) is 0 Å². The Morgan fingerprint density at radius 3 is 2.35 bits per heavy atom. The molecule has 0 bridgehead atoms. The zero-order valence-corrected chi connectivity index (χ0v) is 11.7. The van der Waals surface area contributed by atoms with Crippen molar-refractivity contribution < 1.29 is 18.3 Å². The summed E-state index contributed by atoms with van der Waals surface area (Å²) in [7, 11) is -3.63. The second kappa shape index (κ2) is 5.88. The summed E-state index contributed by atoms with van der Waals surface area (Å²) in [5, 5.41) is 14.2. The van der Waals surface area contributed by atoms with E-state index in [1.807, 2.05) is 4.90 Å². The molecule has 0 aliphatic carbocycles. The third-order valence-corrected chi connectivity index (χ3v) is 4.42. The molecule has 1 aliphatic rings. The summed E-state index contributed by atoms with van der Waals surface area (Å²) in [6.45, 7) is 2.21. The van der Waals surface area contributed by atoms with Gasteiger partial charge in [0.2, 0.25) is 0 Å². The summed E-state index contributed by atoms with van der Waals surface area (Å²) in [6.07, 6.45) is 0. The van der Waals surface area contributed by atoms with Crippen LogP contribution in [-0.2, 0) is 16.8 Å². The summed E-state index contributed by atoms with van der Waals surface area (Å²) >= 11 is 0. The SMILES string of the molecule is NS(=O)(=O)N1CCN(Cc2ccccc2C(=O)O)CC1. The minimum absolute atomic E-state index is 0.279. The number of nitrogens with two attached hydrogens (primary N) is 1. The number of hydrogen-bond donors (Lipinski definition) is 2. The lowest BCUT2D eigenvalue weighted by Gasteiger charge is -2.33. The van der Waals surface area contributed by atoms with Crippen LogP contribution in [0.5, 0.6) is 0 Å². The van der Waals surface area contributed by atoms with Gasteiger partial charge in [0.05, 0.1) is 5.56 Å². The van der Waals surface area contributed by atoms with Gasteiger partial charge in [0.1, 0.15) is 0 Å². The molecule has 1 aromatic carbocycles. The molecule has 3 N–H and O–H groups in total. The highest BCUT2D eigenvalue weighted by Crippen LogP contribution is 2.14. The van der Waals surface area contributed by atoms with Gasteiger partial charge in [0.15, 0.2) is 0 Å². The van der Waals surface area contributed by atoms with Crippen molar-refractivity contribution in [2.45, 2.75) is 6.54 Å². The fourth-order valence-electron chi connectivity index (χ4n) is 2.25. The third kappa shape index (κ3) is 3.54. The van der Waals surface area contributed by atoms with Crippen molar-refractivity contribution in [1.29, 1.82) is 0 Å². The zero-order chi connectivity index (χ0) is 14.8. The number of nitrogens with zero attached hydrogens (tertiary/aromatic N) is 2. The maximum atomic E-state index is 11.2. The molecule has 0 unspecified atom stereocenters. The molecule has 0 radical (unpaired) electrons. The normalized spacial score (nSPS) is 18.1. The van der Waals surface area contributed by atoms with Gasteiger partial charge in [-0.1, -0.05) is 18.2 Å². The molecular formula is C12H17N3O4S. The molecule has 20 heavy (non-hydrogen) atoms. The molecule has 8 heteroatoms. The average Bonchev–Trinajstić information content (AvgIpc) is 2.38. The first kappa shape index (κ1) is 14.9. The Morgan fingerprint density at radius 2 is 1.80 bits per heavy atom. The van der Waals surface area contributed by atoms with Gasteiger partial charge in [-0.15, -0.1) is 0 Å². The predicted molar refractivity (Wildman–Crippen MR) is 73.4 cm³/mol. The van der Waals surface area contributed by atoms with Crippen LogP contribution in [-0.4, -0.2) is 54.9 Å². The number of carbonyl (C=O) groups is 1. The van der Waals surface area contributed by atoms with Gasteiger partial charge in [0, 0.05) is 32.7 Å². The lowest BCUT2D eigenvalue weighted by molar-refractivity contribution is 0.0694. The molecule has 2 rings (SSSR count). The summed E-state index contributed by atoms with van der Waals surface area (Å²) < 4.78 is 23.6. The maximum absolute atomic E-state index is 11.2. The van der Waals surface area contributed by atoms with Crippen LogP contribution in [0.25, 0.3) is 0 Å². The Labute approximate surface area is 117 Å². The second-order valence-corrected chi connectivity index (χ2v) is 6.23. The fourth-order valence-corrected chi connectivity index (χ4v) is 2.92. The maximum Gasteiger partial charge on any atom is 0.336 e. The molecular weight excluding hydrogens is 282 g/mol. The van der Waals surface area contributed by atoms with Crippen molar-refractivity contribution in [3.8, 4) is 0 Å². The van der Waals surface area contributed by atoms with Crippen LogP contribution in [0.1, 0.15) is 15.9 Å². The van der Waals surface area contributed by atoms with E-state index in [-0.39, 0.29) is 5.56 Å². The lowest BCUT2D eigenvalue weighted by Crippen LogP contribution is -2.50. The first-order valence-corrected chi connectivity index (χ1v) is 7.69. The van der Waals surface area contributed by atoms with E-state index in [0.717, 1.165) is 5.56 Å². The number of carboxylic acids is 1. The van der Waals surface area contributed by atoms with Crippen LogP contribution in [0.2, 0.25) is 0 Å². The van der Waals surface area contributed by atoms with Crippen molar-refractivity contribution >= 4 is 16.2 Å². The van der Waals surface area contributed by atoms with Gasteiger partial charge >= 0.3 is 5.97 Å². The fraction of sp³-hybridized carbons (Fsp3) is 0.417. The van der Waals surface area contributed by atoms with E-state index in [1.54, 1.807) is 24.3 Å². The molecule has 1 aliphatic heterocycles. The van der Waals surface area contributed by atoms with E-state index >= 15 is 0 Å². The monoisotopic (exact) mass is 299 g/mol. The number of benzene rings is 1. The van der Waals surface area contributed by atoms with E-state index in [0.29, 0.717) is 32.7 Å². The molecule has 110 valence electrons. The lowest BCUT2D eigenvalue weighted by atomic mass is 10.1. The number of aromatic carboxylic acids is 1. The molecule has 1 saturated heterocycles. The van der Waals surface area contributed by atoms with Crippen molar-refractivity contribution in [2.75, 3.05) is 26.2 Å². The third-order valence-electron chi connectivity index (χ3n) is 3.33. The summed E-state index contributed by atoms with van der Waals surface area (Å²) in [6, 6.07) is 6.82. The number of hydrogen-bond acceptors (Lipinski definition) is 4. The predicted octanol–water partition coefficient (Wildman–Crippen LogP) is -0.294. The Morgan fingerprint density at radius 1 is 1.20 bits per heavy atom.